The van der Waals surface area contributed by atoms with Crippen molar-refractivity contribution in [2.75, 3.05) is 32.9 Å². The number of nitrogens with zero attached hydrogens (tertiary/aromatic N) is 1. The summed E-state index contributed by atoms with van der Waals surface area (Å²) < 4.78 is 11.0. The number of ether oxygens (including phenoxy) is 2. The third-order valence-corrected chi connectivity index (χ3v) is 5.91. The zero-order chi connectivity index (χ0) is 22.6. The average molecular weight is 437 g/mol. The Bertz CT molecular complexity index is 811. The van der Waals surface area contributed by atoms with Crippen LogP contribution in [0.25, 0.3) is 0 Å². The minimum absolute atomic E-state index is 0.0532. The summed E-state index contributed by atoms with van der Waals surface area (Å²) in [6, 6.07) is 23.3. The molecule has 171 valence electrons. The van der Waals surface area contributed by atoms with Crippen molar-refractivity contribution in [3.05, 3.63) is 83.6 Å². The number of benzene rings is 2. The minimum atomic E-state index is -0.385. The third-order valence-electron chi connectivity index (χ3n) is 5.91. The van der Waals surface area contributed by atoms with Crippen molar-refractivity contribution in [1.29, 1.82) is 0 Å². The topological polar surface area (TPSA) is 59.0 Å². The van der Waals surface area contributed by atoms with Crippen molar-refractivity contribution in [2.45, 2.75) is 38.6 Å². The van der Waals surface area contributed by atoms with Crippen molar-refractivity contribution >= 4 is 5.97 Å². The molecule has 0 amide bonds. The van der Waals surface area contributed by atoms with Crippen molar-refractivity contribution in [2.24, 2.45) is 5.92 Å². The molecule has 1 fully saturated rings. The molecule has 3 atom stereocenters. The lowest BCUT2D eigenvalue weighted by Gasteiger charge is -2.43. The van der Waals surface area contributed by atoms with Gasteiger partial charge in [-0.2, -0.15) is 0 Å². The predicted molar refractivity (Wildman–Crippen MR) is 125 cm³/mol. The summed E-state index contributed by atoms with van der Waals surface area (Å²) in [6.45, 7) is 4.79. The van der Waals surface area contributed by atoms with Crippen LogP contribution >= 0.6 is 0 Å². The van der Waals surface area contributed by atoms with E-state index in [1.165, 1.54) is 5.56 Å². The number of fused-ring (bicyclic) bond motifs is 2. The van der Waals surface area contributed by atoms with E-state index in [2.05, 4.69) is 35.2 Å². The highest BCUT2D eigenvalue weighted by Gasteiger charge is 2.38. The summed E-state index contributed by atoms with van der Waals surface area (Å²) in [5, 5.41) is 10.3. The van der Waals surface area contributed by atoms with Crippen LogP contribution in [0.4, 0.5) is 0 Å². The monoisotopic (exact) mass is 436 g/mol. The number of aryl methyl sites for hydroxylation is 1. The number of hydrogen-bond acceptors (Lipinski definition) is 5. The van der Waals surface area contributed by atoms with Crippen molar-refractivity contribution in [3.63, 3.8) is 0 Å². The Morgan fingerprint density at radius 1 is 1.12 bits per heavy atom. The zero-order valence-corrected chi connectivity index (χ0v) is 18.9. The second-order valence-electron chi connectivity index (χ2n) is 8.18. The molecule has 5 nitrogen and oxygen atoms in total. The van der Waals surface area contributed by atoms with E-state index in [0.29, 0.717) is 31.4 Å². The van der Waals surface area contributed by atoms with Gasteiger partial charge in [-0.15, -0.1) is 0 Å². The van der Waals surface area contributed by atoms with E-state index < -0.39 is 0 Å². The molecule has 4 rings (SSSR count). The van der Waals surface area contributed by atoms with E-state index in [1.807, 2.05) is 36.4 Å². The maximum atomic E-state index is 12.1. The molecule has 2 aliphatic rings. The zero-order valence-electron chi connectivity index (χ0n) is 18.9. The minimum Gasteiger partial charge on any atom is -0.511 e. The number of rotatable bonds is 8. The van der Waals surface area contributed by atoms with Gasteiger partial charge in [0, 0.05) is 31.7 Å². The largest absolute Gasteiger partial charge is 0.511 e. The fourth-order valence-electron chi connectivity index (χ4n) is 4.21. The second kappa shape index (κ2) is 13.0. The Morgan fingerprint density at radius 3 is 2.53 bits per heavy atom. The molecule has 2 aliphatic heterocycles. The molecule has 0 aromatic heterocycles. The van der Waals surface area contributed by atoms with Gasteiger partial charge in [-0.1, -0.05) is 60.7 Å². The third kappa shape index (κ3) is 7.21. The molecule has 0 saturated carbocycles. The first-order valence-corrected chi connectivity index (χ1v) is 11.5. The molecule has 1 radical (unpaired) electrons. The molecular weight excluding hydrogens is 402 g/mol. The van der Waals surface area contributed by atoms with Gasteiger partial charge in [-0.3, -0.25) is 4.90 Å². The number of piperidine rings is 1. The molecular formula is C27H34NO4. The van der Waals surface area contributed by atoms with E-state index in [0.717, 1.165) is 38.8 Å². The highest BCUT2D eigenvalue weighted by Crippen LogP contribution is 2.33. The van der Waals surface area contributed by atoms with Crippen LogP contribution in [0, 0.1) is 12.0 Å². The fraction of sp³-hybridized carbons (Fsp3) is 0.444. The molecule has 2 aromatic carbocycles. The number of aliphatic hydroxyl groups excluding tert-OH is 1. The van der Waals surface area contributed by atoms with E-state index in [1.54, 1.807) is 6.92 Å². The Hall–Kier alpha value is -2.63. The Labute approximate surface area is 191 Å². The summed E-state index contributed by atoms with van der Waals surface area (Å²) in [5.74, 6) is -0.0939. The molecule has 5 heteroatoms. The highest BCUT2D eigenvalue weighted by molar-refractivity contribution is 5.89. The summed E-state index contributed by atoms with van der Waals surface area (Å²) in [4.78, 5) is 14.3. The number of carbonyl (C=O) groups is 1. The maximum Gasteiger partial charge on any atom is 0.338 e. The number of hydrogen-bond donors (Lipinski definition) is 1. The van der Waals surface area contributed by atoms with Gasteiger partial charge >= 0.3 is 5.97 Å². The summed E-state index contributed by atoms with van der Waals surface area (Å²) in [5.41, 5.74) is 1.77. The molecule has 32 heavy (non-hydrogen) atoms. The van der Waals surface area contributed by atoms with Crippen LogP contribution in [0.5, 0.6) is 0 Å². The van der Waals surface area contributed by atoms with Gasteiger partial charge in [0.05, 0.1) is 18.8 Å². The van der Waals surface area contributed by atoms with Crippen LogP contribution in [0.15, 0.2) is 72.0 Å². The predicted octanol–water partition coefficient (Wildman–Crippen LogP) is 4.59. The second-order valence-corrected chi connectivity index (χ2v) is 8.18. The first-order valence-electron chi connectivity index (χ1n) is 11.5. The Balaban J connectivity index is 0.000000416. The number of esters is 1. The van der Waals surface area contributed by atoms with Gasteiger partial charge in [0.2, 0.25) is 0 Å². The van der Waals surface area contributed by atoms with Crippen LogP contribution in [0.1, 0.15) is 31.7 Å². The molecule has 0 spiro atoms. The standard InChI is InChI=1S/C21H29NO4.C6H5/c1-2-26-21(24)19-14-22-13-17(20(19)23)10-11-18(22)15-25-12-6-9-16-7-4-3-5-8-16;1-2-4-6-5-3-1/h3-5,7-8,17-18,23H,2,6,9-15H2,1H3;1-5H. The Morgan fingerprint density at radius 2 is 1.88 bits per heavy atom. The van der Waals surface area contributed by atoms with Gasteiger partial charge in [0.15, 0.2) is 0 Å². The van der Waals surface area contributed by atoms with E-state index in [9.17, 15) is 9.90 Å². The smallest absolute Gasteiger partial charge is 0.338 e. The maximum absolute atomic E-state index is 12.1. The average Bonchev–Trinajstić information content (AvgIpc) is 2.84. The van der Waals surface area contributed by atoms with Crippen molar-refractivity contribution in [1.82, 2.24) is 4.90 Å². The van der Waals surface area contributed by atoms with Gasteiger partial charge in [-0.25, -0.2) is 4.79 Å². The highest BCUT2D eigenvalue weighted by atomic mass is 16.5. The first-order chi connectivity index (χ1) is 15.7. The van der Waals surface area contributed by atoms with Gasteiger partial charge in [0.1, 0.15) is 5.76 Å². The summed E-state index contributed by atoms with van der Waals surface area (Å²) in [7, 11) is 0. The molecule has 1 saturated heterocycles. The van der Waals surface area contributed by atoms with Crippen LogP contribution in [0.2, 0.25) is 0 Å². The SMILES string of the molecule is CCOC(=O)C1=C(O)C2CCC(COCCCc3ccccc3)N(C1)C2.[c]1ccccc1. The first kappa shape index (κ1) is 24.0. The Kier molecular flexibility index (Phi) is 9.79. The van der Waals surface area contributed by atoms with E-state index >= 15 is 0 Å². The fourth-order valence-corrected chi connectivity index (χ4v) is 4.21. The van der Waals surface area contributed by atoms with Gasteiger partial charge < -0.3 is 14.6 Å². The van der Waals surface area contributed by atoms with Gasteiger partial charge in [0.25, 0.3) is 0 Å². The van der Waals surface area contributed by atoms with Crippen molar-refractivity contribution < 1.29 is 19.4 Å². The number of aliphatic hydroxyl groups is 1. The van der Waals surface area contributed by atoms with Crippen molar-refractivity contribution in [3.8, 4) is 0 Å². The van der Waals surface area contributed by atoms with E-state index in [4.69, 9.17) is 9.47 Å². The molecule has 1 N–H and O–H groups in total. The molecule has 2 aromatic rings. The lowest BCUT2D eigenvalue weighted by atomic mass is 9.85. The lowest BCUT2D eigenvalue weighted by Crippen LogP contribution is -2.51. The van der Waals surface area contributed by atoms with E-state index in [-0.39, 0.29) is 17.6 Å². The van der Waals surface area contributed by atoms with Gasteiger partial charge in [-0.05, 0) is 44.2 Å². The quantitative estimate of drug-likeness (QED) is 0.484. The van der Waals surface area contributed by atoms with Crippen LogP contribution in [-0.2, 0) is 20.7 Å². The lowest BCUT2D eigenvalue weighted by molar-refractivity contribution is -0.139. The van der Waals surface area contributed by atoms with Crippen LogP contribution in [-0.4, -0.2) is 54.9 Å². The molecule has 3 unspecified atom stereocenters. The normalized spacial score (nSPS) is 22.0. The van der Waals surface area contributed by atoms with Crippen LogP contribution < -0.4 is 0 Å². The molecule has 0 aliphatic carbocycles. The van der Waals surface area contributed by atoms with Crippen LogP contribution in [0.3, 0.4) is 0 Å². The number of carbonyl (C=O) groups excluding carboxylic acids is 1. The summed E-state index contributed by atoms with van der Waals surface area (Å²) in [6.07, 6.45) is 3.92. The molecule has 2 bridgehead atoms. The summed E-state index contributed by atoms with van der Waals surface area (Å²) >= 11 is 0. The molecule has 2 heterocycles.